The van der Waals surface area contributed by atoms with Gasteiger partial charge >= 0.3 is 0 Å². The number of nitrogens with one attached hydrogen (secondary N) is 1. The van der Waals surface area contributed by atoms with Crippen molar-refractivity contribution in [3.8, 4) is 5.75 Å². The topological polar surface area (TPSA) is 82.2 Å². The van der Waals surface area contributed by atoms with E-state index >= 15 is 0 Å². The van der Waals surface area contributed by atoms with E-state index in [0.717, 1.165) is 0 Å². The highest BCUT2D eigenvalue weighted by atomic mass is 16.5. The Bertz CT molecular complexity index is 551. The lowest BCUT2D eigenvalue weighted by Gasteiger charge is -2.09. The van der Waals surface area contributed by atoms with Crippen molar-refractivity contribution < 1.29 is 9.53 Å². The van der Waals surface area contributed by atoms with E-state index in [9.17, 15) is 4.79 Å². The van der Waals surface area contributed by atoms with Gasteiger partial charge in [-0.25, -0.2) is 0 Å². The van der Waals surface area contributed by atoms with Crippen molar-refractivity contribution in [3.05, 3.63) is 36.5 Å². The summed E-state index contributed by atoms with van der Waals surface area (Å²) in [5.74, 6) is 0.813. The molecule has 1 heterocycles. The molecule has 2 aromatic rings. The van der Waals surface area contributed by atoms with Gasteiger partial charge < -0.3 is 15.8 Å². The van der Waals surface area contributed by atoms with Crippen molar-refractivity contribution in [2.75, 3.05) is 18.2 Å². The van der Waals surface area contributed by atoms with Crippen LogP contribution in [0.15, 0.2) is 36.5 Å². The van der Waals surface area contributed by atoms with Gasteiger partial charge in [-0.15, -0.1) is 0 Å². The lowest BCUT2D eigenvalue weighted by atomic mass is 10.3. The van der Waals surface area contributed by atoms with E-state index in [-0.39, 0.29) is 12.5 Å². The number of anilines is 2. The number of aromatic nitrogens is 2. The number of hydrogen-bond acceptors (Lipinski definition) is 4. The molecule has 0 aliphatic heterocycles. The molecule has 1 aromatic heterocycles. The predicted octanol–water partition coefficient (Wildman–Crippen LogP) is 1.11. The molecule has 1 aromatic carbocycles. The smallest absolute Gasteiger partial charge is 0.246 e. The third-order valence-electron chi connectivity index (χ3n) is 2.35. The molecule has 2 rings (SSSR count). The minimum atomic E-state index is -0.192. The van der Waals surface area contributed by atoms with Gasteiger partial charge in [0.25, 0.3) is 0 Å². The van der Waals surface area contributed by atoms with Gasteiger partial charge in [-0.1, -0.05) is 12.1 Å². The minimum Gasteiger partial charge on any atom is -0.495 e. The van der Waals surface area contributed by atoms with Crippen molar-refractivity contribution in [2.45, 2.75) is 6.54 Å². The lowest BCUT2D eigenvalue weighted by molar-refractivity contribution is -0.116. The fraction of sp³-hybridized carbons (Fsp3) is 0.167. The Morgan fingerprint density at radius 1 is 1.44 bits per heavy atom. The first kappa shape index (κ1) is 12.0. The van der Waals surface area contributed by atoms with Gasteiger partial charge in [-0.3, -0.25) is 9.48 Å². The molecule has 3 N–H and O–H groups in total. The Labute approximate surface area is 104 Å². The van der Waals surface area contributed by atoms with Crippen LogP contribution in [0.2, 0.25) is 0 Å². The maximum absolute atomic E-state index is 11.8. The summed E-state index contributed by atoms with van der Waals surface area (Å²) in [6, 6.07) is 8.85. The quantitative estimate of drug-likeness (QED) is 0.846. The molecule has 0 radical (unpaired) electrons. The first-order valence-corrected chi connectivity index (χ1v) is 5.41. The van der Waals surface area contributed by atoms with E-state index in [0.29, 0.717) is 17.3 Å². The van der Waals surface area contributed by atoms with Crippen LogP contribution in [-0.4, -0.2) is 22.8 Å². The number of nitrogens with zero attached hydrogens (tertiary/aromatic N) is 2. The van der Waals surface area contributed by atoms with Gasteiger partial charge in [0, 0.05) is 6.20 Å². The van der Waals surface area contributed by atoms with Crippen LogP contribution < -0.4 is 15.8 Å². The summed E-state index contributed by atoms with van der Waals surface area (Å²) in [6.45, 7) is 0.106. The number of nitrogens with two attached hydrogens (primary N) is 1. The standard InChI is InChI=1S/C12H14N4O2/c1-18-10-5-3-2-4-9(10)14-12(17)8-16-7-6-11(13)15-16/h2-7H,8H2,1H3,(H2,13,15)(H,14,17). The molecular formula is C12H14N4O2. The first-order chi connectivity index (χ1) is 8.69. The average Bonchev–Trinajstić information content (AvgIpc) is 2.75. The second-order valence-electron chi connectivity index (χ2n) is 3.69. The average molecular weight is 246 g/mol. The van der Waals surface area contributed by atoms with Crippen LogP contribution in [0.3, 0.4) is 0 Å². The van der Waals surface area contributed by atoms with Crippen molar-refractivity contribution >= 4 is 17.4 Å². The van der Waals surface area contributed by atoms with E-state index in [2.05, 4.69) is 10.4 Å². The molecule has 0 saturated heterocycles. The van der Waals surface area contributed by atoms with Crippen LogP contribution >= 0.6 is 0 Å². The van der Waals surface area contributed by atoms with E-state index in [1.807, 2.05) is 12.1 Å². The van der Waals surface area contributed by atoms with Crippen LogP contribution in [0.25, 0.3) is 0 Å². The number of rotatable bonds is 4. The molecule has 94 valence electrons. The number of carbonyl (C=O) groups excluding carboxylic acids is 1. The predicted molar refractivity (Wildman–Crippen MR) is 68.3 cm³/mol. The second-order valence-corrected chi connectivity index (χ2v) is 3.69. The van der Waals surface area contributed by atoms with Crippen LogP contribution in [-0.2, 0) is 11.3 Å². The summed E-state index contributed by atoms with van der Waals surface area (Å²) < 4.78 is 6.62. The Morgan fingerprint density at radius 3 is 2.89 bits per heavy atom. The number of benzene rings is 1. The molecule has 0 aliphatic rings. The third-order valence-corrected chi connectivity index (χ3v) is 2.35. The summed E-state index contributed by atoms with van der Waals surface area (Å²) in [5.41, 5.74) is 6.10. The molecule has 18 heavy (non-hydrogen) atoms. The highest BCUT2D eigenvalue weighted by molar-refractivity contribution is 5.92. The van der Waals surface area contributed by atoms with Gasteiger partial charge in [0.2, 0.25) is 5.91 Å². The second kappa shape index (κ2) is 5.22. The molecule has 0 fully saturated rings. The molecule has 1 amide bonds. The molecule has 0 bridgehead atoms. The van der Waals surface area contributed by atoms with Crippen molar-refractivity contribution in [1.29, 1.82) is 0 Å². The zero-order valence-electron chi connectivity index (χ0n) is 9.96. The lowest BCUT2D eigenvalue weighted by Crippen LogP contribution is -2.19. The minimum absolute atomic E-state index is 0.106. The Balaban J connectivity index is 2.03. The zero-order chi connectivity index (χ0) is 13.0. The van der Waals surface area contributed by atoms with Crippen LogP contribution in [0.4, 0.5) is 11.5 Å². The van der Waals surface area contributed by atoms with Crippen molar-refractivity contribution in [2.24, 2.45) is 0 Å². The normalized spacial score (nSPS) is 10.1. The molecule has 0 aliphatic carbocycles. The van der Waals surface area contributed by atoms with Crippen molar-refractivity contribution in [3.63, 3.8) is 0 Å². The Morgan fingerprint density at radius 2 is 2.22 bits per heavy atom. The number of carbonyl (C=O) groups is 1. The maximum atomic E-state index is 11.8. The fourth-order valence-corrected chi connectivity index (χ4v) is 1.55. The zero-order valence-corrected chi connectivity index (χ0v) is 9.96. The maximum Gasteiger partial charge on any atom is 0.246 e. The van der Waals surface area contributed by atoms with Crippen LogP contribution in [0, 0.1) is 0 Å². The van der Waals surface area contributed by atoms with E-state index < -0.39 is 0 Å². The number of ether oxygens (including phenoxy) is 1. The van der Waals surface area contributed by atoms with E-state index in [1.165, 1.54) is 4.68 Å². The summed E-state index contributed by atoms with van der Waals surface area (Å²) in [6.07, 6.45) is 1.65. The van der Waals surface area contributed by atoms with Crippen LogP contribution in [0.1, 0.15) is 0 Å². The Hall–Kier alpha value is -2.50. The number of amides is 1. The first-order valence-electron chi connectivity index (χ1n) is 5.41. The highest BCUT2D eigenvalue weighted by Gasteiger charge is 2.07. The summed E-state index contributed by atoms with van der Waals surface area (Å²) >= 11 is 0. The third kappa shape index (κ3) is 2.79. The van der Waals surface area contributed by atoms with E-state index in [1.54, 1.807) is 31.5 Å². The molecule has 0 spiro atoms. The molecule has 6 nitrogen and oxygen atoms in total. The van der Waals surface area contributed by atoms with Gasteiger partial charge in [0.05, 0.1) is 12.8 Å². The van der Waals surface area contributed by atoms with Crippen LogP contribution in [0.5, 0.6) is 5.75 Å². The Kier molecular flexibility index (Phi) is 3.47. The SMILES string of the molecule is COc1ccccc1NC(=O)Cn1ccc(N)n1. The van der Waals surface area contributed by atoms with Gasteiger partial charge in [0.15, 0.2) is 0 Å². The number of nitrogen functional groups attached to an aromatic ring is 1. The molecule has 0 saturated carbocycles. The largest absolute Gasteiger partial charge is 0.495 e. The van der Waals surface area contributed by atoms with Crippen molar-refractivity contribution in [1.82, 2.24) is 9.78 Å². The highest BCUT2D eigenvalue weighted by Crippen LogP contribution is 2.22. The summed E-state index contributed by atoms with van der Waals surface area (Å²) in [4.78, 5) is 11.8. The molecule has 6 heteroatoms. The number of para-hydroxylation sites is 2. The summed E-state index contributed by atoms with van der Waals surface area (Å²) in [7, 11) is 1.55. The molecule has 0 unspecified atom stereocenters. The fourth-order valence-electron chi connectivity index (χ4n) is 1.55. The van der Waals surface area contributed by atoms with Gasteiger partial charge in [-0.2, -0.15) is 5.10 Å². The van der Waals surface area contributed by atoms with Gasteiger partial charge in [0.1, 0.15) is 18.1 Å². The molecule has 0 atom stereocenters. The summed E-state index contributed by atoms with van der Waals surface area (Å²) in [5, 5.41) is 6.69. The monoisotopic (exact) mass is 246 g/mol. The molecular weight excluding hydrogens is 232 g/mol. The van der Waals surface area contributed by atoms with E-state index in [4.69, 9.17) is 10.5 Å². The number of methoxy groups -OCH3 is 1. The van der Waals surface area contributed by atoms with Gasteiger partial charge in [-0.05, 0) is 18.2 Å². The number of hydrogen-bond donors (Lipinski definition) is 2.